The monoisotopic (exact) mass is 349 g/mol. The fourth-order valence-corrected chi connectivity index (χ4v) is 3.06. The minimum Gasteiger partial charge on any atom is -0.504 e. The first-order valence-electron chi connectivity index (χ1n) is 8.38. The Labute approximate surface area is 151 Å². The highest BCUT2D eigenvalue weighted by Crippen LogP contribution is 2.31. The molecule has 1 aliphatic rings. The van der Waals surface area contributed by atoms with E-state index < -0.39 is 0 Å². The van der Waals surface area contributed by atoms with Crippen LogP contribution in [0.3, 0.4) is 0 Å². The number of nitrogens with one attached hydrogen (secondary N) is 1. The lowest BCUT2D eigenvalue weighted by atomic mass is 10.0. The standard InChI is InChI=1S/C20H19N3O3/c1-25-19-8-13(6-7-17(19)24)10-21-20-15-9-14-4-2-3-5-18(14)26-11-16(15)22-12-23-20/h2-8,12,24H,9-11H2,1H3,(H,21,22,23). The Morgan fingerprint density at radius 1 is 1.19 bits per heavy atom. The molecule has 0 amide bonds. The van der Waals surface area contributed by atoms with Gasteiger partial charge in [0.25, 0.3) is 0 Å². The predicted octanol–water partition coefficient (Wildman–Crippen LogP) is 3.29. The van der Waals surface area contributed by atoms with Crippen molar-refractivity contribution >= 4 is 5.82 Å². The van der Waals surface area contributed by atoms with Crippen LogP contribution in [-0.2, 0) is 19.6 Å². The van der Waals surface area contributed by atoms with Crippen LogP contribution >= 0.6 is 0 Å². The summed E-state index contributed by atoms with van der Waals surface area (Å²) in [6.07, 6.45) is 2.27. The van der Waals surface area contributed by atoms with Gasteiger partial charge in [0, 0.05) is 18.5 Å². The molecule has 0 bridgehead atoms. The number of para-hydroxylation sites is 1. The highest BCUT2D eigenvalue weighted by Gasteiger charge is 2.18. The summed E-state index contributed by atoms with van der Waals surface area (Å²) in [5, 5.41) is 13.1. The largest absolute Gasteiger partial charge is 0.504 e. The second kappa shape index (κ2) is 6.92. The molecule has 26 heavy (non-hydrogen) atoms. The van der Waals surface area contributed by atoms with Crippen molar-refractivity contribution in [2.45, 2.75) is 19.6 Å². The Morgan fingerprint density at radius 2 is 2.08 bits per heavy atom. The fraction of sp³-hybridized carbons (Fsp3) is 0.200. The van der Waals surface area contributed by atoms with E-state index in [1.165, 1.54) is 7.11 Å². The zero-order valence-corrected chi connectivity index (χ0v) is 14.4. The minimum absolute atomic E-state index is 0.126. The number of phenolic OH excluding ortho intramolecular Hbond substituents is 1. The summed E-state index contributed by atoms with van der Waals surface area (Å²) in [4.78, 5) is 8.81. The maximum atomic E-state index is 9.72. The Bertz CT molecular complexity index is 943. The lowest BCUT2D eigenvalue weighted by molar-refractivity contribution is 0.302. The number of fused-ring (bicyclic) bond motifs is 2. The maximum Gasteiger partial charge on any atom is 0.160 e. The number of aromatic nitrogens is 2. The lowest BCUT2D eigenvalue weighted by Crippen LogP contribution is -2.09. The molecule has 2 N–H and O–H groups in total. The van der Waals surface area contributed by atoms with Crippen molar-refractivity contribution in [3.05, 3.63) is 71.2 Å². The molecule has 3 aromatic rings. The molecule has 0 fully saturated rings. The first-order valence-corrected chi connectivity index (χ1v) is 8.38. The third-order valence-electron chi connectivity index (χ3n) is 4.44. The average Bonchev–Trinajstić information content (AvgIpc) is 2.87. The van der Waals surface area contributed by atoms with Gasteiger partial charge in [-0.15, -0.1) is 0 Å². The van der Waals surface area contributed by atoms with Crippen molar-refractivity contribution in [1.82, 2.24) is 9.97 Å². The van der Waals surface area contributed by atoms with Crippen molar-refractivity contribution in [1.29, 1.82) is 0 Å². The molecule has 2 aromatic carbocycles. The quantitative estimate of drug-likeness (QED) is 0.753. The number of hydrogen-bond acceptors (Lipinski definition) is 6. The number of anilines is 1. The molecule has 6 heteroatoms. The molecule has 4 rings (SSSR count). The number of hydrogen-bond donors (Lipinski definition) is 2. The predicted molar refractivity (Wildman–Crippen MR) is 97.6 cm³/mol. The van der Waals surface area contributed by atoms with Crippen molar-refractivity contribution in [3.8, 4) is 17.2 Å². The van der Waals surface area contributed by atoms with Gasteiger partial charge in [-0.3, -0.25) is 0 Å². The molecule has 0 aliphatic carbocycles. The molecule has 132 valence electrons. The summed E-state index contributed by atoms with van der Waals surface area (Å²) in [5.41, 5.74) is 4.04. The Hall–Kier alpha value is -3.28. The minimum atomic E-state index is 0.126. The van der Waals surface area contributed by atoms with E-state index in [0.717, 1.165) is 34.0 Å². The van der Waals surface area contributed by atoms with Gasteiger partial charge in [0.15, 0.2) is 11.5 Å². The smallest absolute Gasteiger partial charge is 0.160 e. The van der Waals surface area contributed by atoms with E-state index in [-0.39, 0.29) is 5.75 Å². The first kappa shape index (κ1) is 16.2. The van der Waals surface area contributed by atoms with Gasteiger partial charge < -0.3 is 19.9 Å². The van der Waals surface area contributed by atoms with Crippen LogP contribution in [0.25, 0.3) is 0 Å². The Kier molecular flexibility index (Phi) is 4.31. The molecule has 0 unspecified atom stereocenters. The lowest BCUT2D eigenvalue weighted by Gasteiger charge is -2.13. The van der Waals surface area contributed by atoms with Gasteiger partial charge in [-0.2, -0.15) is 0 Å². The third kappa shape index (κ3) is 3.13. The van der Waals surface area contributed by atoms with Crippen molar-refractivity contribution in [3.63, 3.8) is 0 Å². The zero-order valence-electron chi connectivity index (χ0n) is 14.4. The van der Waals surface area contributed by atoms with E-state index in [0.29, 0.717) is 25.3 Å². The van der Waals surface area contributed by atoms with Crippen LogP contribution in [0, 0.1) is 0 Å². The molecule has 0 radical (unpaired) electrons. The highest BCUT2D eigenvalue weighted by molar-refractivity contribution is 5.52. The second-order valence-corrected chi connectivity index (χ2v) is 6.08. The second-order valence-electron chi connectivity index (χ2n) is 6.08. The molecule has 1 aromatic heterocycles. The van der Waals surface area contributed by atoms with E-state index in [1.54, 1.807) is 18.5 Å². The Morgan fingerprint density at radius 3 is 2.96 bits per heavy atom. The molecule has 0 saturated carbocycles. The number of ether oxygens (including phenoxy) is 2. The molecule has 2 heterocycles. The van der Waals surface area contributed by atoms with Gasteiger partial charge in [0.05, 0.1) is 12.8 Å². The number of aromatic hydroxyl groups is 1. The molecule has 1 aliphatic heterocycles. The molecule has 0 spiro atoms. The number of phenols is 1. The van der Waals surface area contributed by atoms with Gasteiger partial charge in [-0.1, -0.05) is 24.3 Å². The van der Waals surface area contributed by atoms with E-state index in [2.05, 4.69) is 21.4 Å². The highest BCUT2D eigenvalue weighted by atomic mass is 16.5. The van der Waals surface area contributed by atoms with Gasteiger partial charge >= 0.3 is 0 Å². The van der Waals surface area contributed by atoms with Crippen LogP contribution in [0.4, 0.5) is 5.82 Å². The normalized spacial score (nSPS) is 12.3. The maximum absolute atomic E-state index is 9.72. The zero-order chi connectivity index (χ0) is 17.9. The van der Waals surface area contributed by atoms with Crippen LogP contribution in [-0.4, -0.2) is 22.2 Å². The summed E-state index contributed by atoms with van der Waals surface area (Å²) < 4.78 is 11.0. The summed E-state index contributed by atoms with van der Waals surface area (Å²) in [5.74, 6) is 2.26. The number of rotatable bonds is 4. The summed E-state index contributed by atoms with van der Waals surface area (Å²) in [6, 6.07) is 13.3. The molecular weight excluding hydrogens is 330 g/mol. The van der Waals surface area contributed by atoms with Gasteiger partial charge in [-0.05, 0) is 29.3 Å². The van der Waals surface area contributed by atoms with Crippen LogP contribution in [0.1, 0.15) is 22.4 Å². The van der Waals surface area contributed by atoms with Crippen LogP contribution in [0.2, 0.25) is 0 Å². The van der Waals surface area contributed by atoms with Crippen molar-refractivity contribution in [2.75, 3.05) is 12.4 Å². The van der Waals surface area contributed by atoms with E-state index in [4.69, 9.17) is 9.47 Å². The molecular formula is C20H19N3O3. The SMILES string of the molecule is COc1cc(CNc2ncnc3c2Cc2ccccc2OC3)ccc1O. The third-order valence-corrected chi connectivity index (χ3v) is 4.44. The number of nitrogens with zero attached hydrogens (tertiary/aromatic N) is 2. The average molecular weight is 349 g/mol. The number of benzene rings is 2. The van der Waals surface area contributed by atoms with Gasteiger partial charge in [0.2, 0.25) is 0 Å². The molecule has 0 saturated heterocycles. The van der Waals surface area contributed by atoms with Crippen LogP contribution < -0.4 is 14.8 Å². The Balaban J connectivity index is 1.59. The van der Waals surface area contributed by atoms with Crippen LogP contribution in [0.15, 0.2) is 48.8 Å². The van der Waals surface area contributed by atoms with E-state index in [1.807, 2.05) is 24.3 Å². The summed E-state index contributed by atoms with van der Waals surface area (Å²) >= 11 is 0. The van der Waals surface area contributed by atoms with Crippen molar-refractivity contribution in [2.24, 2.45) is 0 Å². The molecule has 0 atom stereocenters. The van der Waals surface area contributed by atoms with Gasteiger partial charge in [-0.25, -0.2) is 9.97 Å². The summed E-state index contributed by atoms with van der Waals surface area (Å²) in [6.45, 7) is 0.985. The fourth-order valence-electron chi connectivity index (χ4n) is 3.06. The molecule has 6 nitrogen and oxygen atoms in total. The van der Waals surface area contributed by atoms with E-state index >= 15 is 0 Å². The van der Waals surface area contributed by atoms with Crippen LogP contribution in [0.5, 0.6) is 17.2 Å². The summed E-state index contributed by atoms with van der Waals surface area (Å²) in [7, 11) is 1.54. The number of methoxy groups -OCH3 is 1. The first-order chi connectivity index (χ1) is 12.7. The van der Waals surface area contributed by atoms with Crippen molar-refractivity contribution < 1.29 is 14.6 Å². The van der Waals surface area contributed by atoms with Gasteiger partial charge in [0.1, 0.15) is 24.5 Å². The topological polar surface area (TPSA) is 76.5 Å². The van der Waals surface area contributed by atoms with E-state index in [9.17, 15) is 5.11 Å².